The molecule has 1 heterocycles. The van der Waals surface area contributed by atoms with Crippen LogP contribution >= 0.6 is 11.3 Å². The van der Waals surface area contributed by atoms with E-state index in [1.165, 1.54) is 5.56 Å². The summed E-state index contributed by atoms with van der Waals surface area (Å²) in [5.41, 5.74) is 12.1. The van der Waals surface area contributed by atoms with Crippen LogP contribution in [0.1, 0.15) is 16.8 Å². The molecule has 0 amide bonds. The molecule has 0 bridgehead atoms. The fraction of sp³-hybridized carbons (Fsp3) is 0.308. The van der Waals surface area contributed by atoms with Gasteiger partial charge in [0.05, 0.1) is 11.2 Å². The lowest BCUT2D eigenvalue weighted by atomic mass is 10.1. The van der Waals surface area contributed by atoms with Crippen LogP contribution in [-0.4, -0.2) is 16.9 Å². The number of benzene rings is 1. The molecule has 2 aromatic rings. The van der Waals surface area contributed by atoms with Crippen LogP contribution in [0.5, 0.6) is 0 Å². The summed E-state index contributed by atoms with van der Waals surface area (Å²) < 4.78 is 0. The van der Waals surface area contributed by atoms with Gasteiger partial charge in [-0.3, -0.25) is 4.90 Å². The lowest BCUT2D eigenvalue weighted by Gasteiger charge is -2.16. The van der Waals surface area contributed by atoms with E-state index in [0.29, 0.717) is 0 Å². The molecule has 2 rings (SSSR count). The lowest BCUT2D eigenvalue weighted by Crippen LogP contribution is -2.17. The molecule has 0 saturated carbocycles. The molecular formula is C13H17N3S. The minimum atomic E-state index is 0.857. The lowest BCUT2D eigenvalue weighted by molar-refractivity contribution is 0.316. The molecule has 0 unspecified atom stereocenters. The average molecular weight is 247 g/mol. The Hall–Kier alpha value is -1.39. The number of nitrogen functional groups attached to an aromatic ring is 1. The number of anilines is 1. The van der Waals surface area contributed by atoms with Crippen LogP contribution in [0.2, 0.25) is 0 Å². The highest BCUT2D eigenvalue weighted by Crippen LogP contribution is 2.14. The predicted octanol–water partition coefficient (Wildman–Crippen LogP) is 2.67. The smallest absolute Gasteiger partial charge is 0.0795 e. The normalized spacial score (nSPS) is 11.0. The molecule has 4 heteroatoms. The van der Waals surface area contributed by atoms with Gasteiger partial charge in [0.25, 0.3) is 0 Å². The van der Waals surface area contributed by atoms with E-state index in [9.17, 15) is 0 Å². The summed E-state index contributed by atoms with van der Waals surface area (Å²) in [6.45, 7) is 3.84. The fourth-order valence-corrected chi connectivity index (χ4v) is 2.35. The Morgan fingerprint density at radius 3 is 2.82 bits per heavy atom. The SMILES string of the molecule is Cc1cc(CN(C)Cc2cscn2)ccc1N. The number of aryl methyl sites for hydroxylation is 1. The zero-order chi connectivity index (χ0) is 12.3. The Balaban J connectivity index is 1.98. The van der Waals surface area contributed by atoms with Gasteiger partial charge < -0.3 is 5.73 Å². The molecule has 0 spiro atoms. The van der Waals surface area contributed by atoms with Gasteiger partial charge in [0.1, 0.15) is 0 Å². The molecule has 1 aromatic heterocycles. The van der Waals surface area contributed by atoms with Crippen LogP contribution in [0, 0.1) is 6.92 Å². The number of thiazole rings is 1. The highest BCUT2D eigenvalue weighted by molar-refractivity contribution is 7.07. The quantitative estimate of drug-likeness (QED) is 0.845. The van der Waals surface area contributed by atoms with Gasteiger partial charge in [0.15, 0.2) is 0 Å². The van der Waals surface area contributed by atoms with E-state index in [-0.39, 0.29) is 0 Å². The van der Waals surface area contributed by atoms with Crippen LogP contribution in [0.25, 0.3) is 0 Å². The number of nitrogens with zero attached hydrogens (tertiary/aromatic N) is 2. The van der Waals surface area contributed by atoms with E-state index in [2.05, 4.69) is 34.4 Å². The molecule has 0 aliphatic rings. The van der Waals surface area contributed by atoms with Crippen molar-refractivity contribution in [3.63, 3.8) is 0 Å². The number of hydrogen-bond acceptors (Lipinski definition) is 4. The zero-order valence-corrected chi connectivity index (χ0v) is 11.0. The third-order valence-corrected chi connectivity index (χ3v) is 3.34. The Morgan fingerprint density at radius 1 is 1.35 bits per heavy atom. The molecule has 90 valence electrons. The standard InChI is InChI=1S/C13H17N3S/c1-10-5-11(3-4-13(10)14)6-16(2)7-12-8-17-9-15-12/h3-5,8-9H,6-7,14H2,1-2H3. The molecule has 0 saturated heterocycles. The number of aromatic nitrogens is 1. The van der Waals surface area contributed by atoms with E-state index >= 15 is 0 Å². The molecule has 3 nitrogen and oxygen atoms in total. The first kappa shape index (κ1) is 12.1. The molecule has 1 aromatic carbocycles. The summed E-state index contributed by atoms with van der Waals surface area (Å²) in [5, 5.41) is 2.09. The second kappa shape index (κ2) is 5.29. The Bertz CT molecular complexity index is 479. The van der Waals surface area contributed by atoms with E-state index in [4.69, 9.17) is 5.73 Å². The van der Waals surface area contributed by atoms with Crippen LogP contribution in [0.3, 0.4) is 0 Å². The molecule has 0 radical (unpaired) electrons. The van der Waals surface area contributed by atoms with Crippen LogP contribution < -0.4 is 5.73 Å². The first-order valence-corrected chi connectivity index (χ1v) is 6.50. The van der Waals surface area contributed by atoms with E-state index in [1.54, 1.807) is 11.3 Å². The van der Waals surface area contributed by atoms with Gasteiger partial charge in [-0.1, -0.05) is 12.1 Å². The van der Waals surface area contributed by atoms with E-state index < -0.39 is 0 Å². The molecular weight excluding hydrogens is 230 g/mol. The van der Waals surface area contributed by atoms with E-state index in [1.807, 2.05) is 18.5 Å². The van der Waals surface area contributed by atoms with Gasteiger partial charge in [-0.05, 0) is 31.2 Å². The Kier molecular flexibility index (Phi) is 3.76. The fourth-order valence-electron chi connectivity index (χ4n) is 1.80. The van der Waals surface area contributed by atoms with Crippen LogP contribution in [-0.2, 0) is 13.1 Å². The monoisotopic (exact) mass is 247 g/mol. The third kappa shape index (κ3) is 3.28. The summed E-state index contributed by atoms with van der Waals surface area (Å²) >= 11 is 1.64. The van der Waals surface area contributed by atoms with Crippen molar-refractivity contribution in [1.29, 1.82) is 0 Å². The van der Waals surface area contributed by atoms with Gasteiger partial charge in [-0.15, -0.1) is 11.3 Å². The second-order valence-corrected chi connectivity index (χ2v) is 5.06. The maximum absolute atomic E-state index is 5.81. The summed E-state index contributed by atoms with van der Waals surface area (Å²) in [6, 6.07) is 6.20. The summed E-state index contributed by atoms with van der Waals surface area (Å²) in [7, 11) is 2.10. The van der Waals surface area contributed by atoms with Gasteiger partial charge in [0.2, 0.25) is 0 Å². The van der Waals surface area contributed by atoms with Gasteiger partial charge in [-0.2, -0.15) is 0 Å². The van der Waals surface area contributed by atoms with Crippen molar-refractivity contribution in [2.75, 3.05) is 12.8 Å². The molecule has 2 N–H and O–H groups in total. The predicted molar refractivity (Wildman–Crippen MR) is 72.9 cm³/mol. The van der Waals surface area contributed by atoms with Crippen molar-refractivity contribution in [3.8, 4) is 0 Å². The van der Waals surface area contributed by atoms with Crippen molar-refractivity contribution in [3.05, 3.63) is 45.9 Å². The summed E-state index contributed by atoms with van der Waals surface area (Å²) in [6.07, 6.45) is 0. The number of nitrogens with two attached hydrogens (primary N) is 1. The van der Waals surface area contributed by atoms with E-state index in [0.717, 1.165) is 30.0 Å². The number of rotatable bonds is 4. The average Bonchev–Trinajstić information content (AvgIpc) is 2.76. The Morgan fingerprint density at radius 2 is 2.18 bits per heavy atom. The molecule has 0 fully saturated rings. The highest BCUT2D eigenvalue weighted by atomic mass is 32.1. The maximum Gasteiger partial charge on any atom is 0.0795 e. The third-order valence-electron chi connectivity index (χ3n) is 2.70. The first-order chi connectivity index (χ1) is 8.15. The molecule has 0 aliphatic heterocycles. The topological polar surface area (TPSA) is 42.2 Å². The molecule has 0 aliphatic carbocycles. The highest BCUT2D eigenvalue weighted by Gasteiger charge is 2.04. The van der Waals surface area contributed by atoms with Crippen LogP contribution in [0.4, 0.5) is 5.69 Å². The van der Waals surface area contributed by atoms with Gasteiger partial charge in [-0.25, -0.2) is 4.98 Å². The van der Waals surface area contributed by atoms with Crippen molar-refractivity contribution in [2.45, 2.75) is 20.0 Å². The van der Waals surface area contributed by atoms with Crippen molar-refractivity contribution < 1.29 is 0 Å². The largest absolute Gasteiger partial charge is 0.399 e. The van der Waals surface area contributed by atoms with Crippen molar-refractivity contribution in [1.82, 2.24) is 9.88 Å². The molecule has 17 heavy (non-hydrogen) atoms. The minimum Gasteiger partial charge on any atom is -0.399 e. The van der Waals surface area contributed by atoms with Crippen molar-refractivity contribution in [2.24, 2.45) is 0 Å². The van der Waals surface area contributed by atoms with Crippen LogP contribution in [0.15, 0.2) is 29.1 Å². The summed E-state index contributed by atoms with van der Waals surface area (Å²) in [5.74, 6) is 0. The summed E-state index contributed by atoms with van der Waals surface area (Å²) in [4.78, 5) is 6.54. The van der Waals surface area contributed by atoms with Gasteiger partial charge >= 0.3 is 0 Å². The van der Waals surface area contributed by atoms with Crippen molar-refractivity contribution >= 4 is 17.0 Å². The molecule has 0 atom stereocenters. The van der Waals surface area contributed by atoms with Gasteiger partial charge in [0, 0.05) is 24.2 Å². The first-order valence-electron chi connectivity index (χ1n) is 5.56. The minimum absolute atomic E-state index is 0.857. The Labute approximate surface area is 106 Å². The second-order valence-electron chi connectivity index (χ2n) is 4.34. The zero-order valence-electron chi connectivity index (χ0n) is 10.2. The number of hydrogen-bond donors (Lipinski definition) is 1. The maximum atomic E-state index is 5.81.